The molecule has 0 saturated carbocycles. The van der Waals surface area contributed by atoms with Crippen LogP contribution in [0.3, 0.4) is 0 Å². The van der Waals surface area contributed by atoms with E-state index >= 15 is 0 Å². The van der Waals surface area contributed by atoms with Crippen molar-refractivity contribution < 1.29 is 31.1 Å². The van der Waals surface area contributed by atoms with E-state index < -0.39 is 0 Å². The van der Waals surface area contributed by atoms with Gasteiger partial charge in [0.2, 0.25) is 0 Å². The molecule has 0 fully saturated rings. The van der Waals surface area contributed by atoms with Gasteiger partial charge >= 0.3 is 5.97 Å². The number of carbonyl (C=O) groups is 1. The largest absolute Gasteiger partial charge is 0.545 e. The minimum Gasteiger partial charge on any atom is -0.545 e. The van der Waals surface area contributed by atoms with Gasteiger partial charge < -0.3 is 9.53 Å². The van der Waals surface area contributed by atoms with E-state index in [4.69, 9.17) is 9.53 Å². The quantitative estimate of drug-likeness (QED) is 0.337. The molecule has 4 heteroatoms. The van der Waals surface area contributed by atoms with Crippen LogP contribution in [-0.4, -0.2) is 18.4 Å². The Balaban J connectivity index is -0.000000196. The molecule has 0 aromatic rings. The van der Waals surface area contributed by atoms with Gasteiger partial charge in [-0.15, -0.1) is 0 Å². The molecule has 0 aliphatic heterocycles. The molecular formula is C7H13CoO3-. The zero-order valence-corrected chi connectivity index (χ0v) is 8.18. The Kier molecular flexibility index (Phi) is 11.9. The van der Waals surface area contributed by atoms with Gasteiger partial charge in [0.1, 0.15) is 5.60 Å². The van der Waals surface area contributed by atoms with Gasteiger partial charge in [0.05, 0.1) is 0 Å². The molecular weight excluding hydrogens is 191 g/mol. The molecule has 1 radical (unpaired) electrons. The molecule has 0 N–H and O–H groups in total. The zero-order valence-electron chi connectivity index (χ0n) is 7.14. The summed E-state index contributed by atoms with van der Waals surface area (Å²) in [6, 6.07) is 0. The van der Waals surface area contributed by atoms with Crippen LogP contribution in [0, 0.1) is 0 Å². The van der Waals surface area contributed by atoms with E-state index in [-0.39, 0.29) is 28.3 Å². The molecule has 0 unspecified atom stereocenters. The Hall–Kier alpha value is -0.354. The van der Waals surface area contributed by atoms with Crippen LogP contribution in [0.2, 0.25) is 0 Å². The predicted octanol–water partition coefficient (Wildman–Crippen LogP) is 1.07. The summed E-state index contributed by atoms with van der Waals surface area (Å²) in [5, 5.41) is 0. The molecule has 0 bridgehead atoms. The first-order valence-corrected chi connectivity index (χ1v) is 2.85. The van der Waals surface area contributed by atoms with Crippen LogP contribution in [0.5, 0.6) is 0 Å². The first-order chi connectivity index (χ1) is 4.42. The van der Waals surface area contributed by atoms with Crippen LogP contribution >= 0.6 is 0 Å². The van der Waals surface area contributed by atoms with Crippen LogP contribution < -0.4 is 0 Å². The van der Waals surface area contributed by atoms with Gasteiger partial charge in [0.15, 0.2) is 0 Å². The van der Waals surface area contributed by atoms with Crippen molar-refractivity contribution in [2.24, 2.45) is 0 Å². The topological polar surface area (TPSA) is 43.4 Å². The molecule has 0 heterocycles. The summed E-state index contributed by atoms with van der Waals surface area (Å²) in [5.74, 6) is -0.225. The van der Waals surface area contributed by atoms with E-state index in [2.05, 4.69) is 6.79 Å². The SMILES string of the molecule is CC(=O)OC(C)(C)C.[CH-]=O.[Co]. The fraction of sp³-hybridized carbons (Fsp3) is 0.714. The Morgan fingerprint density at radius 3 is 1.55 bits per heavy atom. The summed E-state index contributed by atoms with van der Waals surface area (Å²) in [7, 11) is 0. The second kappa shape index (κ2) is 7.75. The van der Waals surface area contributed by atoms with E-state index in [1.807, 2.05) is 20.8 Å². The van der Waals surface area contributed by atoms with Crippen molar-refractivity contribution in [3.63, 3.8) is 0 Å². The molecule has 0 aliphatic rings. The van der Waals surface area contributed by atoms with E-state index in [0.29, 0.717) is 0 Å². The molecule has 69 valence electrons. The molecule has 0 saturated heterocycles. The number of rotatable bonds is 0. The fourth-order valence-electron chi connectivity index (χ4n) is 0.431. The van der Waals surface area contributed by atoms with Crippen molar-refractivity contribution in [1.29, 1.82) is 0 Å². The molecule has 3 nitrogen and oxygen atoms in total. The standard InChI is InChI=1S/C6H12O2.CHO.Co/c1-5(7)8-6(2,3)4;1-2;/h1-4H3;1H;/q;-1;. The predicted molar refractivity (Wildman–Crippen MR) is 38.3 cm³/mol. The minimum absolute atomic E-state index is 0. The van der Waals surface area contributed by atoms with Crippen LogP contribution in [-0.2, 0) is 31.1 Å². The van der Waals surface area contributed by atoms with Gasteiger partial charge in [-0.3, -0.25) is 11.6 Å². The third-order valence-electron chi connectivity index (χ3n) is 0.450. The summed E-state index contributed by atoms with van der Waals surface area (Å²) in [6.45, 7) is 10.2. The third-order valence-corrected chi connectivity index (χ3v) is 0.450. The molecule has 0 aromatic heterocycles. The maximum absolute atomic E-state index is 10.2. The van der Waals surface area contributed by atoms with Crippen molar-refractivity contribution in [2.75, 3.05) is 0 Å². The van der Waals surface area contributed by atoms with Crippen LogP contribution in [0.1, 0.15) is 27.7 Å². The van der Waals surface area contributed by atoms with Crippen molar-refractivity contribution in [1.82, 2.24) is 0 Å². The smallest absolute Gasteiger partial charge is 0.303 e. The molecule has 0 aromatic carbocycles. The number of esters is 1. The Labute approximate surface area is 77.7 Å². The molecule has 0 rings (SSSR count). The minimum atomic E-state index is -0.328. The first-order valence-electron chi connectivity index (χ1n) is 2.85. The zero-order chi connectivity index (χ0) is 8.78. The van der Waals surface area contributed by atoms with Gasteiger partial charge in [0, 0.05) is 23.7 Å². The number of carbonyl (C=O) groups excluding carboxylic acids is 2. The number of ether oxygens (including phenoxy) is 1. The Bertz CT molecular complexity index is 107. The maximum Gasteiger partial charge on any atom is 0.303 e. The second-order valence-electron chi connectivity index (χ2n) is 2.71. The van der Waals surface area contributed by atoms with Crippen LogP contribution in [0.25, 0.3) is 0 Å². The Morgan fingerprint density at radius 1 is 1.27 bits per heavy atom. The molecule has 11 heavy (non-hydrogen) atoms. The summed E-state index contributed by atoms with van der Waals surface area (Å²) in [4.78, 5) is 18.0. The summed E-state index contributed by atoms with van der Waals surface area (Å²) in [5.41, 5.74) is -0.328. The monoisotopic (exact) mass is 204 g/mol. The van der Waals surface area contributed by atoms with Gasteiger partial charge in [-0.1, -0.05) is 0 Å². The van der Waals surface area contributed by atoms with Gasteiger partial charge in [-0.05, 0) is 20.8 Å². The molecule has 0 aliphatic carbocycles. The fourth-order valence-corrected chi connectivity index (χ4v) is 0.431. The maximum atomic E-state index is 10.2. The van der Waals surface area contributed by atoms with Gasteiger partial charge in [0.25, 0.3) is 0 Å². The van der Waals surface area contributed by atoms with Gasteiger partial charge in [-0.25, -0.2) is 0 Å². The van der Waals surface area contributed by atoms with Crippen molar-refractivity contribution >= 4 is 12.8 Å². The molecule has 0 amide bonds. The van der Waals surface area contributed by atoms with Gasteiger partial charge in [-0.2, -0.15) is 0 Å². The van der Waals surface area contributed by atoms with Crippen LogP contribution in [0.15, 0.2) is 0 Å². The van der Waals surface area contributed by atoms with E-state index in [0.717, 1.165) is 0 Å². The molecule has 0 spiro atoms. The normalized spacial score (nSPS) is 8.36. The number of hydrogen-bond acceptors (Lipinski definition) is 3. The van der Waals surface area contributed by atoms with Crippen molar-refractivity contribution in [3.8, 4) is 0 Å². The van der Waals surface area contributed by atoms with E-state index in [1.165, 1.54) is 6.92 Å². The second-order valence-corrected chi connectivity index (χ2v) is 2.71. The number of hydrogen-bond donors (Lipinski definition) is 0. The van der Waals surface area contributed by atoms with E-state index in [9.17, 15) is 4.79 Å². The summed E-state index contributed by atoms with van der Waals surface area (Å²) < 4.78 is 4.80. The average Bonchev–Trinajstić information content (AvgIpc) is 1.64. The van der Waals surface area contributed by atoms with E-state index in [1.54, 1.807) is 0 Å². The summed E-state index contributed by atoms with van der Waals surface area (Å²) in [6.07, 6.45) is 0. The van der Waals surface area contributed by atoms with Crippen molar-refractivity contribution in [2.45, 2.75) is 33.3 Å². The molecule has 0 atom stereocenters. The van der Waals surface area contributed by atoms with Crippen molar-refractivity contribution in [3.05, 3.63) is 0 Å². The third kappa shape index (κ3) is 26.1. The first kappa shape index (κ1) is 16.9. The van der Waals surface area contributed by atoms with Crippen LogP contribution in [0.4, 0.5) is 0 Å². The summed E-state index contributed by atoms with van der Waals surface area (Å²) >= 11 is 0. The Morgan fingerprint density at radius 2 is 1.55 bits per heavy atom. The average molecular weight is 204 g/mol.